The largest absolute Gasteiger partial charge is 0.303 e. The summed E-state index contributed by atoms with van der Waals surface area (Å²) in [6.07, 6.45) is 4.00. The SMILES string of the molecule is CCCN1CCCC(c2ccc(C)c(C)c2)C1.Cl. The number of nitrogens with zero attached hydrogens (tertiary/aromatic N) is 1. The maximum Gasteiger partial charge on any atom is 0.00503 e. The second kappa shape index (κ2) is 7.16. The van der Waals surface area contributed by atoms with E-state index >= 15 is 0 Å². The highest BCUT2D eigenvalue weighted by atomic mass is 35.5. The van der Waals surface area contributed by atoms with E-state index in [2.05, 4.69) is 43.9 Å². The number of benzene rings is 1. The van der Waals surface area contributed by atoms with Gasteiger partial charge in [0.1, 0.15) is 0 Å². The molecule has 1 heterocycles. The Balaban J connectivity index is 0.00000162. The minimum Gasteiger partial charge on any atom is -0.303 e. The Kier molecular flexibility index (Phi) is 6.17. The summed E-state index contributed by atoms with van der Waals surface area (Å²) in [6.45, 7) is 10.5. The lowest BCUT2D eigenvalue weighted by atomic mass is 9.89. The normalized spacial score (nSPS) is 20.5. The maximum atomic E-state index is 2.63. The van der Waals surface area contributed by atoms with Gasteiger partial charge in [-0.25, -0.2) is 0 Å². The van der Waals surface area contributed by atoms with E-state index in [1.165, 1.54) is 50.0 Å². The highest BCUT2D eigenvalue weighted by Gasteiger charge is 2.20. The monoisotopic (exact) mass is 267 g/mol. The predicted molar refractivity (Wildman–Crippen MR) is 81.9 cm³/mol. The standard InChI is InChI=1S/C16H25N.ClH/c1-4-9-17-10-5-6-16(12-17)15-8-7-13(2)14(3)11-15;/h7-8,11,16H,4-6,9-10,12H2,1-3H3;1H. The van der Waals surface area contributed by atoms with Gasteiger partial charge in [-0.15, -0.1) is 12.4 Å². The van der Waals surface area contributed by atoms with Gasteiger partial charge in [0.05, 0.1) is 0 Å². The summed E-state index contributed by atoms with van der Waals surface area (Å²) in [4.78, 5) is 2.63. The van der Waals surface area contributed by atoms with Crippen LogP contribution in [0.3, 0.4) is 0 Å². The molecule has 1 aromatic carbocycles. The summed E-state index contributed by atoms with van der Waals surface area (Å²) < 4.78 is 0. The summed E-state index contributed by atoms with van der Waals surface area (Å²) in [5.74, 6) is 0.759. The Labute approximate surface area is 118 Å². The molecule has 1 aliphatic heterocycles. The van der Waals surface area contributed by atoms with Crippen LogP contribution in [0.2, 0.25) is 0 Å². The second-order valence-electron chi connectivity index (χ2n) is 5.48. The molecule has 1 aromatic rings. The molecule has 1 nitrogen and oxygen atoms in total. The summed E-state index contributed by atoms with van der Waals surface area (Å²) in [5.41, 5.74) is 4.40. The molecule has 2 rings (SSSR count). The first-order valence-electron chi connectivity index (χ1n) is 7.00. The first-order valence-corrected chi connectivity index (χ1v) is 7.00. The smallest absolute Gasteiger partial charge is 0.00503 e. The average Bonchev–Trinajstić information content (AvgIpc) is 2.33. The quantitative estimate of drug-likeness (QED) is 0.789. The van der Waals surface area contributed by atoms with Gasteiger partial charge in [-0.1, -0.05) is 25.1 Å². The van der Waals surface area contributed by atoms with E-state index in [-0.39, 0.29) is 12.4 Å². The summed E-state index contributed by atoms with van der Waals surface area (Å²) in [6, 6.07) is 7.02. The van der Waals surface area contributed by atoms with Gasteiger partial charge >= 0.3 is 0 Å². The van der Waals surface area contributed by atoms with Crippen LogP contribution < -0.4 is 0 Å². The van der Waals surface area contributed by atoms with Crippen LogP contribution >= 0.6 is 12.4 Å². The maximum absolute atomic E-state index is 2.63. The van der Waals surface area contributed by atoms with Crippen LogP contribution in [0.25, 0.3) is 0 Å². The molecule has 0 saturated carbocycles. The molecule has 0 amide bonds. The molecule has 0 aromatic heterocycles. The lowest BCUT2D eigenvalue weighted by Gasteiger charge is -2.33. The van der Waals surface area contributed by atoms with Crippen molar-refractivity contribution >= 4 is 12.4 Å². The molecule has 0 N–H and O–H groups in total. The Bertz CT molecular complexity index is 373. The molecule has 1 fully saturated rings. The van der Waals surface area contributed by atoms with Gasteiger partial charge in [-0.2, -0.15) is 0 Å². The van der Waals surface area contributed by atoms with Gasteiger partial charge in [0, 0.05) is 6.54 Å². The molecule has 1 unspecified atom stereocenters. The van der Waals surface area contributed by atoms with Crippen molar-refractivity contribution < 1.29 is 0 Å². The fourth-order valence-corrected chi connectivity index (χ4v) is 2.87. The average molecular weight is 268 g/mol. The molecule has 102 valence electrons. The third-order valence-electron chi connectivity index (χ3n) is 4.05. The van der Waals surface area contributed by atoms with Crippen LogP contribution in [0.5, 0.6) is 0 Å². The van der Waals surface area contributed by atoms with Crippen molar-refractivity contribution in [2.75, 3.05) is 19.6 Å². The van der Waals surface area contributed by atoms with Crippen molar-refractivity contribution in [3.8, 4) is 0 Å². The van der Waals surface area contributed by atoms with Crippen molar-refractivity contribution in [2.45, 2.75) is 46.0 Å². The van der Waals surface area contributed by atoms with Gasteiger partial charge in [0.25, 0.3) is 0 Å². The molecular weight excluding hydrogens is 242 g/mol. The summed E-state index contributed by atoms with van der Waals surface area (Å²) >= 11 is 0. The van der Waals surface area contributed by atoms with E-state index < -0.39 is 0 Å². The number of halogens is 1. The third-order valence-corrected chi connectivity index (χ3v) is 4.05. The van der Waals surface area contributed by atoms with Crippen LogP contribution in [-0.4, -0.2) is 24.5 Å². The van der Waals surface area contributed by atoms with Crippen LogP contribution in [0.4, 0.5) is 0 Å². The topological polar surface area (TPSA) is 3.24 Å². The Morgan fingerprint density at radius 2 is 2.00 bits per heavy atom. The fourth-order valence-electron chi connectivity index (χ4n) is 2.87. The lowest BCUT2D eigenvalue weighted by Crippen LogP contribution is -2.34. The minimum absolute atomic E-state index is 0. The number of hydrogen-bond acceptors (Lipinski definition) is 1. The number of piperidine rings is 1. The summed E-state index contributed by atoms with van der Waals surface area (Å²) in [5, 5.41) is 0. The molecular formula is C16H26ClN. The predicted octanol–water partition coefficient (Wildman–Crippen LogP) is 4.31. The van der Waals surface area contributed by atoms with Crippen LogP contribution in [0.1, 0.15) is 48.8 Å². The van der Waals surface area contributed by atoms with Gasteiger partial charge in [-0.05, 0) is 68.8 Å². The van der Waals surface area contributed by atoms with E-state index in [4.69, 9.17) is 0 Å². The van der Waals surface area contributed by atoms with Crippen molar-refractivity contribution in [1.82, 2.24) is 4.90 Å². The lowest BCUT2D eigenvalue weighted by molar-refractivity contribution is 0.208. The Morgan fingerprint density at radius 1 is 1.22 bits per heavy atom. The van der Waals surface area contributed by atoms with Gasteiger partial charge in [-0.3, -0.25) is 0 Å². The van der Waals surface area contributed by atoms with Crippen molar-refractivity contribution in [1.29, 1.82) is 0 Å². The zero-order valence-electron chi connectivity index (χ0n) is 11.9. The molecule has 0 aliphatic carbocycles. The zero-order valence-corrected chi connectivity index (χ0v) is 12.7. The Morgan fingerprint density at radius 3 is 2.67 bits per heavy atom. The van der Waals surface area contributed by atoms with E-state index in [0.29, 0.717) is 0 Å². The van der Waals surface area contributed by atoms with E-state index in [1.807, 2.05) is 0 Å². The molecule has 0 spiro atoms. The molecule has 1 atom stereocenters. The Hall–Kier alpha value is -0.530. The summed E-state index contributed by atoms with van der Waals surface area (Å²) in [7, 11) is 0. The molecule has 0 radical (unpaired) electrons. The molecule has 18 heavy (non-hydrogen) atoms. The number of rotatable bonds is 3. The molecule has 1 aliphatic rings. The van der Waals surface area contributed by atoms with Crippen LogP contribution in [-0.2, 0) is 0 Å². The van der Waals surface area contributed by atoms with E-state index in [1.54, 1.807) is 5.56 Å². The van der Waals surface area contributed by atoms with Gasteiger partial charge in [0.15, 0.2) is 0 Å². The molecule has 1 saturated heterocycles. The number of hydrogen-bond donors (Lipinski definition) is 0. The van der Waals surface area contributed by atoms with Gasteiger partial charge < -0.3 is 4.90 Å². The molecule has 2 heteroatoms. The van der Waals surface area contributed by atoms with E-state index in [9.17, 15) is 0 Å². The van der Waals surface area contributed by atoms with Gasteiger partial charge in [0.2, 0.25) is 0 Å². The van der Waals surface area contributed by atoms with E-state index in [0.717, 1.165) is 5.92 Å². The second-order valence-corrected chi connectivity index (χ2v) is 5.48. The zero-order chi connectivity index (χ0) is 12.3. The third kappa shape index (κ3) is 3.73. The van der Waals surface area contributed by atoms with Crippen molar-refractivity contribution in [3.63, 3.8) is 0 Å². The van der Waals surface area contributed by atoms with Crippen molar-refractivity contribution in [2.24, 2.45) is 0 Å². The number of likely N-dealkylation sites (tertiary alicyclic amines) is 1. The van der Waals surface area contributed by atoms with Crippen LogP contribution in [0.15, 0.2) is 18.2 Å². The fraction of sp³-hybridized carbons (Fsp3) is 0.625. The highest BCUT2D eigenvalue weighted by molar-refractivity contribution is 5.85. The first-order chi connectivity index (χ1) is 8.20. The first kappa shape index (κ1) is 15.5. The van der Waals surface area contributed by atoms with Crippen LogP contribution in [0, 0.1) is 13.8 Å². The highest BCUT2D eigenvalue weighted by Crippen LogP contribution is 2.28. The minimum atomic E-state index is 0. The molecule has 0 bridgehead atoms. The van der Waals surface area contributed by atoms with Crippen molar-refractivity contribution in [3.05, 3.63) is 34.9 Å². The number of aryl methyl sites for hydroxylation is 2.